The van der Waals surface area contributed by atoms with Crippen LogP contribution in [0.4, 0.5) is 0 Å². The minimum Gasteiger partial charge on any atom is -0.481 e. The van der Waals surface area contributed by atoms with Crippen molar-refractivity contribution in [3.8, 4) is 11.1 Å². The Morgan fingerprint density at radius 2 is 1.57 bits per heavy atom. The van der Waals surface area contributed by atoms with Gasteiger partial charge in [0, 0.05) is 12.7 Å². The van der Waals surface area contributed by atoms with Crippen LogP contribution in [0.2, 0.25) is 0 Å². The van der Waals surface area contributed by atoms with Crippen molar-refractivity contribution in [3.63, 3.8) is 0 Å². The van der Waals surface area contributed by atoms with Crippen molar-refractivity contribution in [2.45, 2.75) is 60.2 Å². The van der Waals surface area contributed by atoms with Gasteiger partial charge in [0.05, 0.1) is 23.2 Å². The van der Waals surface area contributed by atoms with E-state index in [9.17, 15) is 28.9 Å². The molecule has 0 aromatic heterocycles. The quantitative estimate of drug-likeness (QED) is 0.0945. The molecule has 0 aliphatic heterocycles. The van der Waals surface area contributed by atoms with E-state index in [4.69, 9.17) is 14.6 Å². The molecule has 5 atom stereocenters. The van der Waals surface area contributed by atoms with Crippen molar-refractivity contribution >= 4 is 30.7 Å². The molecule has 42 heavy (non-hydrogen) atoms. The highest BCUT2D eigenvalue weighted by molar-refractivity contribution is 7.75. The highest BCUT2D eigenvalue weighted by Crippen LogP contribution is 2.45. The second-order valence-corrected chi connectivity index (χ2v) is 12.9. The normalized spacial score (nSPS) is 16.1. The second-order valence-electron chi connectivity index (χ2n) is 10.5. The van der Waals surface area contributed by atoms with Crippen LogP contribution in [0.5, 0.6) is 0 Å². The van der Waals surface area contributed by atoms with Crippen molar-refractivity contribution < 1.29 is 43.5 Å². The lowest BCUT2D eigenvalue weighted by Gasteiger charge is -2.22. The number of ether oxygens (including phenoxy) is 2. The largest absolute Gasteiger partial charge is 0.481 e. The number of aliphatic carboxylic acids is 1. The molecule has 0 radical (unpaired) electrons. The number of carbonyl (C=O) groups excluding carboxylic acids is 2. The number of amides is 1. The first kappa shape index (κ1) is 34.8. The van der Waals surface area contributed by atoms with Crippen molar-refractivity contribution in [1.82, 2.24) is 5.32 Å². The van der Waals surface area contributed by atoms with Gasteiger partial charge in [-0.25, -0.2) is 4.99 Å². The molecule has 0 spiro atoms. The van der Waals surface area contributed by atoms with E-state index >= 15 is 0 Å². The number of hydrogen-bond donors (Lipinski definition) is 4. The first-order chi connectivity index (χ1) is 19.7. The Balaban J connectivity index is 2.18. The molecule has 2 aromatic carbocycles. The number of hydrogen-bond acceptors (Lipinski definition) is 8. The highest BCUT2D eigenvalue weighted by atomic mass is 31.2. The average molecular weight is 605 g/mol. The van der Waals surface area contributed by atoms with Crippen LogP contribution in [0, 0.1) is 17.8 Å². The van der Waals surface area contributed by atoms with Gasteiger partial charge in [0.15, 0.2) is 0 Å². The number of rotatable bonds is 16. The number of aliphatic hydroxyl groups excluding tert-OH is 1. The summed E-state index contributed by atoms with van der Waals surface area (Å²) in [5.41, 5.74) is 2.43. The molecule has 2 rings (SSSR count). The Hall–Kier alpha value is -3.37. The van der Waals surface area contributed by atoms with Crippen LogP contribution in [0.15, 0.2) is 59.6 Å². The van der Waals surface area contributed by atoms with Crippen LogP contribution < -0.4 is 5.32 Å². The highest BCUT2D eigenvalue weighted by Gasteiger charge is 2.32. The standard InChI is InChI=1S/C30H41N2O9P/c1-19(2)29(36)40-22(5)41-30(37)32-21(4)42(38,39)18-26(27(33)31-16-15-20(3)28(34)35)17-23-11-13-25(14-12-23)24-9-7-6-8-10-24/h6-14,19-20,22,26,30,37H,15-18H2,1-5H3,(H,31,33)(H,34,35)(H,38,39). The van der Waals surface area contributed by atoms with Crippen LogP contribution in [-0.2, 0) is 34.8 Å². The first-order valence-electron chi connectivity index (χ1n) is 13.7. The predicted octanol–water partition coefficient (Wildman–Crippen LogP) is 4.27. The molecule has 0 aliphatic rings. The number of carboxylic acids is 1. The monoisotopic (exact) mass is 604 g/mol. The van der Waals surface area contributed by atoms with Gasteiger partial charge in [0.25, 0.3) is 6.41 Å². The van der Waals surface area contributed by atoms with E-state index in [0.717, 1.165) is 16.7 Å². The van der Waals surface area contributed by atoms with Crippen LogP contribution in [0.1, 0.15) is 46.6 Å². The minimum absolute atomic E-state index is 0.0814. The lowest BCUT2D eigenvalue weighted by Crippen LogP contribution is -2.36. The van der Waals surface area contributed by atoms with Gasteiger partial charge in [-0.2, -0.15) is 0 Å². The van der Waals surface area contributed by atoms with Crippen LogP contribution >= 0.6 is 7.37 Å². The lowest BCUT2D eigenvalue weighted by molar-refractivity contribution is -0.219. The summed E-state index contributed by atoms with van der Waals surface area (Å²) in [6, 6.07) is 17.2. The number of esters is 1. The summed E-state index contributed by atoms with van der Waals surface area (Å²) in [6.07, 6.45) is -3.19. The van der Waals surface area contributed by atoms with Gasteiger partial charge in [-0.15, -0.1) is 0 Å². The first-order valence-corrected chi connectivity index (χ1v) is 15.6. The van der Waals surface area contributed by atoms with Crippen molar-refractivity contribution in [3.05, 3.63) is 60.2 Å². The maximum Gasteiger partial charge on any atom is 0.310 e. The van der Waals surface area contributed by atoms with Gasteiger partial charge < -0.3 is 25.2 Å². The molecule has 2 aromatic rings. The third kappa shape index (κ3) is 11.5. The molecular formula is C30H41N2O9P. The number of nitrogens with zero attached hydrogens (tertiary/aromatic N) is 1. The third-order valence-corrected chi connectivity index (χ3v) is 8.61. The summed E-state index contributed by atoms with van der Waals surface area (Å²) in [4.78, 5) is 50.6. The summed E-state index contributed by atoms with van der Waals surface area (Å²) in [6.45, 7) is 7.50. The molecule has 5 unspecified atom stereocenters. The van der Waals surface area contributed by atoms with E-state index in [1.54, 1.807) is 13.8 Å². The Bertz CT molecular complexity index is 1270. The van der Waals surface area contributed by atoms with Crippen molar-refractivity contribution in [2.24, 2.45) is 22.7 Å². The fourth-order valence-corrected chi connectivity index (χ4v) is 5.31. The second kappa shape index (κ2) is 16.3. The zero-order valence-electron chi connectivity index (χ0n) is 24.6. The lowest BCUT2D eigenvalue weighted by atomic mass is 9.97. The number of nitrogens with one attached hydrogen (secondary N) is 1. The van der Waals surface area contributed by atoms with Gasteiger partial charge in [0.1, 0.15) is 0 Å². The molecular weight excluding hydrogens is 563 g/mol. The van der Waals surface area contributed by atoms with Crippen LogP contribution in [-0.4, -0.2) is 63.8 Å². The van der Waals surface area contributed by atoms with Gasteiger partial charge in [-0.05, 0) is 43.4 Å². The molecule has 0 heterocycles. The van der Waals surface area contributed by atoms with E-state index in [-0.39, 0.29) is 24.8 Å². The molecule has 0 saturated heterocycles. The minimum atomic E-state index is -4.25. The number of carbonyl (C=O) groups is 3. The SMILES string of the molecule is CC(=NC(O)OC(C)OC(=O)C(C)C)P(=O)(O)CC(Cc1ccc(-c2ccccc2)cc1)C(=O)NCCC(C)C(=O)O. The van der Waals surface area contributed by atoms with E-state index in [1.807, 2.05) is 54.6 Å². The Kier molecular flexibility index (Phi) is 13.5. The zero-order valence-corrected chi connectivity index (χ0v) is 25.5. The molecule has 0 saturated carbocycles. The fourth-order valence-electron chi connectivity index (χ4n) is 3.88. The van der Waals surface area contributed by atoms with E-state index in [2.05, 4.69) is 10.3 Å². The summed E-state index contributed by atoms with van der Waals surface area (Å²) < 4.78 is 23.4. The summed E-state index contributed by atoms with van der Waals surface area (Å²) in [5.74, 6) is -4.09. The smallest absolute Gasteiger partial charge is 0.310 e. The maximum absolute atomic E-state index is 13.3. The number of carboxylic acid groups (broad SMARTS) is 1. The Morgan fingerprint density at radius 1 is 0.976 bits per heavy atom. The van der Waals surface area contributed by atoms with Crippen LogP contribution in [0.25, 0.3) is 11.1 Å². The number of benzene rings is 2. The molecule has 4 N–H and O–H groups in total. The van der Waals surface area contributed by atoms with Gasteiger partial charge >= 0.3 is 11.9 Å². The van der Waals surface area contributed by atoms with Crippen molar-refractivity contribution in [1.29, 1.82) is 0 Å². The van der Waals surface area contributed by atoms with Crippen molar-refractivity contribution in [2.75, 3.05) is 12.7 Å². The summed E-state index contributed by atoms with van der Waals surface area (Å²) in [5, 5.41) is 22.0. The van der Waals surface area contributed by atoms with Crippen LogP contribution in [0.3, 0.4) is 0 Å². The number of aliphatic hydroxyl groups is 1. The topological polar surface area (TPSA) is 172 Å². The number of aliphatic imine (C=N–C) groups is 1. The Morgan fingerprint density at radius 3 is 2.14 bits per heavy atom. The van der Waals surface area contributed by atoms with Gasteiger partial charge in [0.2, 0.25) is 19.6 Å². The van der Waals surface area contributed by atoms with Gasteiger partial charge in [-0.1, -0.05) is 75.4 Å². The van der Waals surface area contributed by atoms with E-state index in [1.165, 1.54) is 20.8 Å². The molecule has 12 heteroatoms. The molecule has 230 valence electrons. The fraction of sp³-hybridized carbons (Fsp3) is 0.467. The average Bonchev–Trinajstić information content (AvgIpc) is 2.92. The molecule has 0 aliphatic carbocycles. The predicted molar refractivity (Wildman–Crippen MR) is 159 cm³/mol. The maximum atomic E-state index is 13.3. The molecule has 0 bridgehead atoms. The van der Waals surface area contributed by atoms with Gasteiger partial charge in [-0.3, -0.25) is 23.7 Å². The molecule has 11 nitrogen and oxygen atoms in total. The Labute approximate surface area is 246 Å². The molecule has 1 amide bonds. The summed E-state index contributed by atoms with van der Waals surface area (Å²) in [7, 11) is -4.25. The third-order valence-electron chi connectivity index (χ3n) is 6.55. The summed E-state index contributed by atoms with van der Waals surface area (Å²) >= 11 is 0. The van der Waals surface area contributed by atoms with E-state index < -0.39 is 61.8 Å². The molecule has 0 fully saturated rings. The zero-order chi connectivity index (χ0) is 31.4. The van der Waals surface area contributed by atoms with E-state index in [0.29, 0.717) is 0 Å².